The topological polar surface area (TPSA) is 58.2 Å². The summed E-state index contributed by atoms with van der Waals surface area (Å²) in [7, 11) is 0. The van der Waals surface area contributed by atoms with Crippen LogP contribution in [-0.2, 0) is 0 Å². The quantitative estimate of drug-likeness (QED) is 0.853. The lowest BCUT2D eigenvalue weighted by atomic mass is 10.0. The Bertz CT molecular complexity index is 508. The van der Waals surface area contributed by atoms with Crippen molar-refractivity contribution in [1.82, 2.24) is 10.6 Å². The van der Waals surface area contributed by atoms with Crippen LogP contribution in [0.3, 0.4) is 0 Å². The van der Waals surface area contributed by atoms with E-state index in [2.05, 4.69) is 26.6 Å². The number of hydrogen-bond donors (Lipinski definition) is 2. The number of carbonyl (C=O) groups is 2. The van der Waals surface area contributed by atoms with Gasteiger partial charge in [-0.25, -0.2) is 0 Å². The van der Waals surface area contributed by atoms with E-state index in [4.69, 9.17) is 0 Å². The van der Waals surface area contributed by atoms with Crippen molar-refractivity contribution < 1.29 is 9.59 Å². The van der Waals surface area contributed by atoms with Crippen molar-refractivity contribution in [2.45, 2.75) is 52.6 Å². The van der Waals surface area contributed by atoms with Crippen LogP contribution in [-0.4, -0.2) is 22.9 Å². The second kappa shape index (κ2) is 6.18. The highest BCUT2D eigenvalue weighted by Gasteiger charge is 2.19. The predicted octanol–water partition coefficient (Wildman–Crippen LogP) is 3.51. The molecule has 0 spiro atoms. The van der Waals surface area contributed by atoms with E-state index in [9.17, 15) is 9.59 Å². The average Bonchev–Trinajstić information content (AvgIpc) is 2.23. The van der Waals surface area contributed by atoms with Gasteiger partial charge >= 0.3 is 0 Å². The molecular weight excluding hydrogens is 332 g/mol. The van der Waals surface area contributed by atoms with E-state index in [0.29, 0.717) is 15.6 Å². The maximum atomic E-state index is 12.2. The molecule has 1 aromatic carbocycles. The fourth-order valence-corrected chi connectivity index (χ4v) is 2.17. The first-order valence-electron chi connectivity index (χ1n) is 6.83. The summed E-state index contributed by atoms with van der Waals surface area (Å²) >= 11 is 3.35. The first kappa shape index (κ1) is 17.7. The Kier molecular flexibility index (Phi) is 5.20. The summed E-state index contributed by atoms with van der Waals surface area (Å²) in [6.07, 6.45) is 0. The summed E-state index contributed by atoms with van der Waals surface area (Å²) in [5.74, 6) is -0.401. The Morgan fingerprint density at radius 2 is 1.14 bits per heavy atom. The zero-order valence-corrected chi connectivity index (χ0v) is 15.0. The fraction of sp³-hybridized carbons (Fsp3) is 0.500. The lowest BCUT2D eigenvalue weighted by molar-refractivity contribution is 0.0918. The van der Waals surface area contributed by atoms with Gasteiger partial charge in [-0.2, -0.15) is 0 Å². The van der Waals surface area contributed by atoms with Gasteiger partial charge in [0.05, 0.1) is 0 Å². The SMILES string of the molecule is CC(C)(C)NC(=O)c1cc(Br)cc(C(=O)NC(C)(C)C)c1. The predicted molar refractivity (Wildman–Crippen MR) is 88.6 cm³/mol. The molecule has 2 amide bonds. The Balaban J connectivity index is 3.05. The molecule has 0 aliphatic rings. The van der Waals surface area contributed by atoms with Gasteiger partial charge < -0.3 is 10.6 Å². The fourth-order valence-electron chi connectivity index (χ4n) is 1.68. The van der Waals surface area contributed by atoms with E-state index in [1.165, 1.54) is 0 Å². The van der Waals surface area contributed by atoms with Gasteiger partial charge in [0.2, 0.25) is 0 Å². The smallest absolute Gasteiger partial charge is 0.251 e. The third-order valence-electron chi connectivity index (χ3n) is 2.40. The molecule has 4 nitrogen and oxygen atoms in total. The summed E-state index contributed by atoms with van der Waals surface area (Å²) in [4.78, 5) is 24.4. The maximum absolute atomic E-state index is 12.2. The second-order valence-electron chi connectivity index (χ2n) is 7.14. The normalized spacial score (nSPS) is 12.0. The van der Waals surface area contributed by atoms with E-state index in [1.54, 1.807) is 18.2 Å². The van der Waals surface area contributed by atoms with Crippen molar-refractivity contribution in [1.29, 1.82) is 0 Å². The second-order valence-corrected chi connectivity index (χ2v) is 8.05. The minimum absolute atomic E-state index is 0.200. The van der Waals surface area contributed by atoms with Crippen molar-refractivity contribution in [3.8, 4) is 0 Å². The Hall–Kier alpha value is -1.36. The minimum Gasteiger partial charge on any atom is -0.347 e. The highest BCUT2D eigenvalue weighted by molar-refractivity contribution is 9.10. The number of rotatable bonds is 2. The van der Waals surface area contributed by atoms with Crippen LogP contribution in [0.25, 0.3) is 0 Å². The molecule has 0 radical (unpaired) electrons. The number of halogens is 1. The number of nitrogens with one attached hydrogen (secondary N) is 2. The van der Waals surface area contributed by atoms with Crippen molar-refractivity contribution >= 4 is 27.7 Å². The van der Waals surface area contributed by atoms with Gasteiger partial charge in [-0.1, -0.05) is 15.9 Å². The van der Waals surface area contributed by atoms with E-state index >= 15 is 0 Å². The Morgan fingerprint density at radius 3 is 1.43 bits per heavy atom. The largest absolute Gasteiger partial charge is 0.347 e. The molecule has 0 saturated heterocycles. The molecule has 0 bridgehead atoms. The number of hydrogen-bond acceptors (Lipinski definition) is 2. The molecule has 116 valence electrons. The standard InChI is InChI=1S/C16H23BrN2O2/c1-15(2,3)18-13(20)10-7-11(9-12(17)8-10)14(21)19-16(4,5)6/h7-9H,1-6H3,(H,18,20)(H,19,21). The van der Waals surface area contributed by atoms with E-state index in [1.807, 2.05) is 41.5 Å². The Labute approximate surface area is 134 Å². The van der Waals surface area contributed by atoms with Gasteiger partial charge in [0.15, 0.2) is 0 Å². The van der Waals surface area contributed by atoms with E-state index in [0.717, 1.165) is 0 Å². The van der Waals surface area contributed by atoms with Gasteiger partial charge in [0, 0.05) is 26.7 Å². The van der Waals surface area contributed by atoms with Crippen molar-refractivity contribution in [2.75, 3.05) is 0 Å². The highest BCUT2D eigenvalue weighted by atomic mass is 79.9. The average molecular weight is 355 g/mol. The van der Waals surface area contributed by atoms with Crippen LogP contribution in [0.5, 0.6) is 0 Å². The summed E-state index contributed by atoms with van der Waals surface area (Å²) in [6.45, 7) is 11.5. The maximum Gasteiger partial charge on any atom is 0.251 e. The molecule has 0 aromatic heterocycles. The molecule has 1 rings (SSSR count). The van der Waals surface area contributed by atoms with Crippen LogP contribution < -0.4 is 10.6 Å². The zero-order chi connectivity index (χ0) is 16.4. The summed E-state index contributed by atoms with van der Waals surface area (Å²) in [5.41, 5.74) is 0.261. The van der Waals surface area contributed by atoms with Crippen LogP contribution in [0, 0.1) is 0 Å². The molecule has 0 aliphatic carbocycles. The molecule has 0 unspecified atom stereocenters. The van der Waals surface area contributed by atoms with Crippen LogP contribution in [0.1, 0.15) is 62.3 Å². The lowest BCUT2D eigenvalue weighted by Crippen LogP contribution is -2.41. The highest BCUT2D eigenvalue weighted by Crippen LogP contribution is 2.17. The van der Waals surface area contributed by atoms with Gasteiger partial charge in [-0.15, -0.1) is 0 Å². The van der Waals surface area contributed by atoms with Crippen LogP contribution in [0.2, 0.25) is 0 Å². The summed E-state index contributed by atoms with van der Waals surface area (Å²) in [6, 6.07) is 5.01. The molecule has 5 heteroatoms. The zero-order valence-electron chi connectivity index (χ0n) is 13.4. The van der Waals surface area contributed by atoms with E-state index < -0.39 is 0 Å². The van der Waals surface area contributed by atoms with Gasteiger partial charge in [-0.05, 0) is 59.7 Å². The monoisotopic (exact) mass is 354 g/mol. The first-order chi connectivity index (χ1) is 9.37. The van der Waals surface area contributed by atoms with Gasteiger partial charge in [0.25, 0.3) is 11.8 Å². The molecule has 0 fully saturated rings. The van der Waals surface area contributed by atoms with Crippen molar-refractivity contribution in [3.05, 3.63) is 33.8 Å². The van der Waals surface area contributed by atoms with Crippen LogP contribution >= 0.6 is 15.9 Å². The van der Waals surface area contributed by atoms with Crippen LogP contribution in [0.4, 0.5) is 0 Å². The Morgan fingerprint density at radius 1 is 0.810 bits per heavy atom. The number of carbonyl (C=O) groups excluding carboxylic acids is 2. The number of benzene rings is 1. The van der Waals surface area contributed by atoms with Crippen molar-refractivity contribution in [3.63, 3.8) is 0 Å². The molecule has 2 N–H and O–H groups in total. The third kappa shape index (κ3) is 6.29. The molecular formula is C16H23BrN2O2. The molecule has 1 aromatic rings. The number of amides is 2. The molecule has 0 saturated carbocycles. The third-order valence-corrected chi connectivity index (χ3v) is 2.86. The van der Waals surface area contributed by atoms with Crippen molar-refractivity contribution in [2.24, 2.45) is 0 Å². The van der Waals surface area contributed by atoms with E-state index in [-0.39, 0.29) is 22.9 Å². The molecule has 21 heavy (non-hydrogen) atoms. The molecule has 0 atom stereocenters. The minimum atomic E-state index is -0.326. The van der Waals surface area contributed by atoms with Crippen LogP contribution in [0.15, 0.2) is 22.7 Å². The molecule has 0 aliphatic heterocycles. The van der Waals surface area contributed by atoms with Gasteiger partial charge in [0.1, 0.15) is 0 Å². The summed E-state index contributed by atoms with van der Waals surface area (Å²) in [5, 5.41) is 5.77. The van der Waals surface area contributed by atoms with Gasteiger partial charge in [-0.3, -0.25) is 9.59 Å². The lowest BCUT2D eigenvalue weighted by Gasteiger charge is -2.22. The molecule has 0 heterocycles. The summed E-state index contributed by atoms with van der Waals surface area (Å²) < 4.78 is 0.697. The first-order valence-corrected chi connectivity index (χ1v) is 7.62.